The van der Waals surface area contributed by atoms with Crippen molar-refractivity contribution in [1.82, 2.24) is 19.6 Å². The van der Waals surface area contributed by atoms with Crippen molar-refractivity contribution in [1.29, 1.82) is 0 Å². The van der Waals surface area contributed by atoms with Crippen LogP contribution < -0.4 is 10.0 Å². The minimum absolute atomic E-state index is 0.0560. The zero-order chi connectivity index (χ0) is 26.4. The molecule has 0 saturated carbocycles. The molecule has 194 valence electrons. The second-order valence-corrected chi connectivity index (χ2v) is 11.3. The van der Waals surface area contributed by atoms with Gasteiger partial charge in [-0.15, -0.1) is 0 Å². The van der Waals surface area contributed by atoms with E-state index in [4.69, 9.17) is 9.79 Å². The fourth-order valence-electron chi connectivity index (χ4n) is 3.30. The summed E-state index contributed by atoms with van der Waals surface area (Å²) in [5.74, 6) is -0.621. The molecule has 14 heteroatoms. The quantitative estimate of drug-likeness (QED) is 0.202. The lowest BCUT2D eigenvalue weighted by Crippen LogP contribution is -2.48. The summed E-state index contributed by atoms with van der Waals surface area (Å²) < 4.78 is 68.8. The van der Waals surface area contributed by atoms with Gasteiger partial charge >= 0.3 is 13.3 Å². The predicted octanol–water partition coefficient (Wildman–Crippen LogP) is 2.21. The first kappa shape index (κ1) is 27.6. The highest BCUT2D eigenvalue weighted by molar-refractivity contribution is 7.89. The van der Waals surface area contributed by atoms with Gasteiger partial charge in [-0.05, 0) is 30.5 Å². The van der Waals surface area contributed by atoms with Gasteiger partial charge in [0.2, 0.25) is 15.9 Å². The Kier molecular flexibility index (Phi) is 8.75. The molecule has 1 heterocycles. The number of hydrogen-bond donors (Lipinski definition) is 4. The van der Waals surface area contributed by atoms with E-state index >= 15 is 0 Å². The Morgan fingerprint density at radius 2 is 1.78 bits per heavy atom. The van der Waals surface area contributed by atoms with Gasteiger partial charge in [0.25, 0.3) is 0 Å². The molecule has 36 heavy (non-hydrogen) atoms. The fourth-order valence-corrected chi connectivity index (χ4v) is 5.01. The van der Waals surface area contributed by atoms with Crippen molar-refractivity contribution in [3.63, 3.8) is 0 Å². The number of carbonyl (C=O) groups is 1. The number of aryl methyl sites for hydroxylation is 1. The van der Waals surface area contributed by atoms with Crippen LogP contribution in [0.15, 0.2) is 78.2 Å². The van der Waals surface area contributed by atoms with Crippen LogP contribution in [0.4, 0.5) is 8.78 Å². The Labute approximate surface area is 206 Å². The van der Waals surface area contributed by atoms with E-state index in [0.29, 0.717) is 18.5 Å². The van der Waals surface area contributed by atoms with Crippen LogP contribution in [0.5, 0.6) is 0 Å². The van der Waals surface area contributed by atoms with Crippen LogP contribution >= 0.6 is 7.60 Å². The molecule has 1 amide bonds. The van der Waals surface area contributed by atoms with Gasteiger partial charge in [0.05, 0.1) is 11.2 Å². The van der Waals surface area contributed by atoms with E-state index < -0.39 is 40.8 Å². The molecule has 3 rings (SSSR count). The second-order valence-electron chi connectivity index (χ2n) is 7.92. The monoisotopic (exact) mass is 542 g/mol. The van der Waals surface area contributed by atoms with Gasteiger partial charge in [-0.1, -0.05) is 42.5 Å². The van der Waals surface area contributed by atoms with Gasteiger partial charge < -0.3 is 19.7 Å². The third-order valence-corrected chi connectivity index (χ3v) is 7.70. The van der Waals surface area contributed by atoms with Gasteiger partial charge in [-0.25, -0.2) is 13.4 Å². The number of rotatable bonds is 12. The molecule has 0 aliphatic rings. The first-order valence-corrected chi connectivity index (χ1v) is 13.8. The Bertz CT molecular complexity index is 1300. The maximum atomic E-state index is 13.9. The SMILES string of the molecule is O=C(NCCCn1ccnc1)[C@H](Cc1ccc(C(F)(F)P(=O)(O)O)cc1)NS(=O)(=O)c1ccccc1. The van der Waals surface area contributed by atoms with Crippen LogP contribution in [0.3, 0.4) is 0 Å². The molecule has 0 unspecified atom stereocenters. The Balaban J connectivity index is 1.75. The minimum Gasteiger partial charge on any atom is -0.355 e. The number of hydrogen-bond acceptors (Lipinski definition) is 5. The zero-order valence-corrected chi connectivity index (χ0v) is 20.6. The number of amides is 1. The molecule has 0 saturated heterocycles. The fraction of sp³-hybridized carbons (Fsp3) is 0.273. The summed E-state index contributed by atoms with van der Waals surface area (Å²) in [6.07, 6.45) is 5.36. The molecule has 0 bridgehead atoms. The van der Waals surface area contributed by atoms with Crippen molar-refractivity contribution >= 4 is 23.5 Å². The van der Waals surface area contributed by atoms with Crippen molar-refractivity contribution in [2.24, 2.45) is 0 Å². The number of nitrogens with zero attached hydrogens (tertiary/aromatic N) is 2. The molecule has 0 aliphatic heterocycles. The van der Waals surface area contributed by atoms with Crippen LogP contribution in [0.25, 0.3) is 0 Å². The molecule has 0 spiro atoms. The van der Waals surface area contributed by atoms with Crippen LogP contribution in [-0.4, -0.2) is 46.2 Å². The zero-order valence-electron chi connectivity index (χ0n) is 18.9. The van der Waals surface area contributed by atoms with E-state index in [0.717, 1.165) is 24.3 Å². The average molecular weight is 543 g/mol. The summed E-state index contributed by atoms with van der Waals surface area (Å²) in [6.45, 7) is 0.823. The highest BCUT2D eigenvalue weighted by Gasteiger charge is 2.50. The average Bonchev–Trinajstić information content (AvgIpc) is 3.35. The van der Waals surface area contributed by atoms with Gasteiger partial charge in [-0.3, -0.25) is 9.36 Å². The number of aromatic nitrogens is 2. The number of sulfonamides is 1. The van der Waals surface area contributed by atoms with E-state index in [1.807, 2.05) is 4.57 Å². The molecule has 10 nitrogen and oxygen atoms in total. The van der Waals surface area contributed by atoms with Crippen LogP contribution in [0.1, 0.15) is 17.5 Å². The van der Waals surface area contributed by atoms with Gasteiger partial charge in [0.15, 0.2) is 0 Å². The standard InChI is InChI=1S/C22H25F2N4O6PS/c23-22(24,35(30,31)32)18-9-7-17(8-10-18)15-20(27-36(33,34)19-5-2-1-3-6-19)21(29)26-11-4-13-28-14-12-25-16-28/h1-3,5-10,12,14,16,20,27H,4,11,13,15H2,(H,26,29)(H2,30,31,32)/t20-/m0/s1. The molecule has 1 aromatic heterocycles. The number of alkyl halides is 2. The summed E-state index contributed by atoms with van der Waals surface area (Å²) in [7, 11) is -9.83. The van der Waals surface area contributed by atoms with E-state index in [2.05, 4.69) is 15.0 Å². The maximum absolute atomic E-state index is 13.9. The van der Waals surface area contributed by atoms with Crippen molar-refractivity contribution < 1.29 is 36.3 Å². The second kappa shape index (κ2) is 11.4. The Hall–Kier alpha value is -2.96. The van der Waals surface area contributed by atoms with E-state index in [1.54, 1.807) is 24.8 Å². The van der Waals surface area contributed by atoms with Crippen molar-refractivity contribution in [2.75, 3.05) is 6.54 Å². The minimum atomic E-state index is -5.74. The number of imidazole rings is 1. The number of benzene rings is 2. The molecule has 0 aliphatic carbocycles. The van der Waals surface area contributed by atoms with Crippen molar-refractivity contribution in [2.45, 2.75) is 36.0 Å². The highest BCUT2D eigenvalue weighted by atomic mass is 32.2. The normalized spacial score (nSPS) is 13.3. The topological polar surface area (TPSA) is 151 Å². The number of carbonyl (C=O) groups excluding carboxylic acids is 1. The summed E-state index contributed by atoms with van der Waals surface area (Å²) in [5, 5.41) is 2.67. The third-order valence-electron chi connectivity index (χ3n) is 5.23. The number of halogens is 2. The summed E-state index contributed by atoms with van der Waals surface area (Å²) >= 11 is 0. The smallest absolute Gasteiger partial charge is 0.355 e. The summed E-state index contributed by atoms with van der Waals surface area (Å²) in [5.41, 5.74) is -4.98. The molecule has 0 radical (unpaired) electrons. The van der Waals surface area contributed by atoms with Crippen LogP contribution in [0.2, 0.25) is 0 Å². The Morgan fingerprint density at radius 1 is 1.11 bits per heavy atom. The van der Waals surface area contributed by atoms with E-state index in [1.165, 1.54) is 24.3 Å². The maximum Gasteiger partial charge on any atom is 0.399 e. The lowest BCUT2D eigenvalue weighted by molar-refractivity contribution is -0.122. The molecule has 4 N–H and O–H groups in total. The number of nitrogens with one attached hydrogen (secondary N) is 2. The van der Waals surface area contributed by atoms with Crippen molar-refractivity contribution in [3.05, 3.63) is 84.4 Å². The molecule has 3 aromatic rings. The van der Waals surface area contributed by atoms with Crippen molar-refractivity contribution in [3.8, 4) is 0 Å². The van der Waals surface area contributed by atoms with E-state index in [9.17, 15) is 26.6 Å². The first-order valence-electron chi connectivity index (χ1n) is 10.7. The van der Waals surface area contributed by atoms with Crippen LogP contribution in [0, 0.1) is 0 Å². The highest BCUT2D eigenvalue weighted by Crippen LogP contribution is 2.59. The van der Waals surface area contributed by atoms with Gasteiger partial charge in [0, 0.05) is 31.0 Å². The predicted molar refractivity (Wildman–Crippen MR) is 126 cm³/mol. The summed E-state index contributed by atoms with van der Waals surface area (Å²) in [4.78, 5) is 34.6. The molecule has 0 fully saturated rings. The molecule has 2 aromatic carbocycles. The van der Waals surface area contributed by atoms with Gasteiger partial charge in [0.1, 0.15) is 6.04 Å². The molecule has 1 atom stereocenters. The lowest BCUT2D eigenvalue weighted by Gasteiger charge is -2.20. The first-order chi connectivity index (χ1) is 16.9. The molecular weight excluding hydrogens is 517 g/mol. The van der Waals surface area contributed by atoms with Crippen LogP contribution in [-0.2, 0) is 38.0 Å². The largest absolute Gasteiger partial charge is 0.399 e. The summed E-state index contributed by atoms with van der Waals surface area (Å²) in [6, 6.07) is 10.1. The van der Waals surface area contributed by atoms with E-state index in [-0.39, 0.29) is 17.9 Å². The Morgan fingerprint density at radius 3 is 2.36 bits per heavy atom. The van der Waals surface area contributed by atoms with Gasteiger partial charge in [-0.2, -0.15) is 13.5 Å². The lowest BCUT2D eigenvalue weighted by atomic mass is 10.0. The molecular formula is C22H25F2N4O6PS. The third kappa shape index (κ3) is 7.05.